The van der Waals surface area contributed by atoms with E-state index in [4.69, 9.17) is 0 Å². The molecule has 0 bridgehead atoms. The molecule has 1 N–H and O–H groups in total. The number of hydrogen-bond donors (Lipinski definition) is 1. The number of hydrogen-bond acceptors (Lipinski definition) is 5. The van der Waals surface area contributed by atoms with E-state index in [1.165, 1.54) is 26.0 Å². The first-order valence-corrected chi connectivity index (χ1v) is 7.79. The van der Waals surface area contributed by atoms with Crippen molar-refractivity contribution in [2.24, 2.45) is 0 Å². The van der Waals surface area contributed by atoms with Gasteiger partial charge in [-0.15, -0.1) is 11.3 Å². The molecule has 0 saturated carbocycles. The van der Waals surface area contributed by atoms with Gasteiger partial charge >= 0.3 is 13.3 Å². The zero-order chi connectivity index (χ0) is 13.8. The smallest absolute Gasteiger partial charge is 0.381 e. The van der Waals surface area contributed by atoms with Crippen molar-refractivity contribution in [3.8, 4) is 0 Å². The molecule has 0 aliphatic rings. The minimum Gasteiger partial charge on any atom is -0.381 e. The molecule has 0 fully saturated rings. The van der Waals surface area contributed by atoms with Gasteiger partial charge in [0, 0.05) is 4.88 Å². The van der Waals surface area contributed by atoms with E-state index >= 15 is 0 Å². The van der Waals surface area contributed by atoms with Crippen molar-refractivity contribution in [1.29, 1.82) is 0 Å². The SMILES string of the molecule is CCOP(=O)(OCC)C(F)(F)[C@H](O)c1cccs1. The largest absolute Gasteiger partial charge is 0.402 e. The van der Waals surface area contributed by atoms with Gasteiger partial charge in [0.2, 0.25) is 0 Å². The third-order valence-electron chi connectivity index (χ3n) is 2.10. The van der Waals surface area contributed by atoms with Gasteiger partial charge in [-0.3, -0.25) is 4.57 Å². The van der Waals surface area contributed by atoms with Crippen LogP contribution in [0.1, 0.15) is 24.8 Å². The molecular formula is C10H15F2O4PS. The highest BCUT2D eigenvalue weighted by atomic mass is 32.1. The minimum absolute atomic E-state index is 0.0135. The Labute approximate surface area is 108 Å². The molecular weight excluding hydrogens is 285 g/mol. The Morgan fingerprint density at radius 3 is 2.39 bits per heavy atom. The zero-order valence-corrected chi connectivity index (χ0v) is 11.7. The van der Waals surface area contributed by atoms with Crippen LogP contribution < -0.4 is 0 Å². The summed E-state index contributed by atoms with van der Waals surface area (Å²) in [4.78, 5) is 0.0135. The summed E-state index contributed by atoms with van der Waals surface area (Å²) in [5.74, 6) is 0. The van der Waals surface area contributed by atoms with E-state index in [0.29, 0.717) is 0 Å². The fourth-order valence-corrected chi connectivity index (χ4v) is 3.69. The quantitative estimate of drug-likeness (QED) is 0.781. The van der Waals surface area contributed by atoms with E-state index in [9.17, 15) is 18.5 Å². The summed E-state index contributed by atoms with van der Waals surface area (Å²) in [7, 11) is -4.70. The average molecular weight is 300 g/mol. The second-order valence-corrected chi connectivity index (χ2v) is 6.43. The molecule has 0 aliphatic heterocycles. The van der Waals surface area contributed by atoms with Crippen LogP contribution in [0.3, 0.4) is 0 Å². The number of thiophene rings is 1. The lowest BCUT2D eigenvalue weighted by atomic mass is 10.3. The number of rotatable bonds is 7. The molecule has 1 aromatic rings. The molecule has 4 nitrogen and oxygen atoms in total. The second-order valence-electron chi connectivity index (χ2n) is 3.34. The molecule has 18 heavy (non-hydrogen) atoms. The van der Waals surface area contributed by atoms with Gasteiger partial charge in [0.1, 0.15) is 0 Å². The molecule has 0 saturated heterocycles. The fraction of sp³-hybridized carbons (Fsp3) is 0.600. The van der Waals surface area contributed by atoms with Crippen LogP contribution in [0.15, 0.2) is 17.5 Å². The third kappa shape index (κ3) is 2.97. The van der Waals surface area contributed by atoms with Crippen molar-refractivity contribution in [1.82, 2.24) is 0 Å². The molecule has 1 atom stereocenters. The summed E-state index contributed by atoms with van der Waals surface area (Å²) in [5, 5.41) is 11.2. The van der Waals surface area contributed by atoms with E-state index in [2.05, 4.69) is 9.05 Å². The fourth-order valence-electron chi connectivity index (χ4n) is 1.32. The Balaban J connectivity index is 3.04. The van der Waals surface area contributed by atoms with E-state index < -0.39 is 19.4 Å². The van der Waals surface area contributed by atoms with Crippen molar-refractivity contribution in [2.45, 2.75) is 25.6 Å². The van der Waals surface area contributed by atoms with E-state index in [0.717, 1.165) is 11.3 Å². The molecule has 0 aliphatic carbocycles. The van der Waals surface area contributed by atoms with Gasteiger partial charge in [-0.1, -0.05) is 6.07 Å². The number of aliphatic hydroxyl groups excluding tert-OH is 1. The topological polar surface area (TPSA) is 55.8 Å². The summed E-state index contributed by atoms with van der Waals surface area (Å²) in [6.07, 6.45) is -2.21. The van der Waals surface area contributed by atoms with Gasteiger partial charge < -0.3 is 14.2 Å². The molecule has 1 aromatic heterocycles. The Kier molecular flexibility index (Phi) is 5.43. The maximum Gasteiger partial charge on any atom is 0.402 e. The summed E-state index contributed by atoms with van der Waals surface area (Å²) in [6.45, 7) is 2.48. The summed E-state index contributed by atoms with van der Waals surface area (Å²) in [6, 6.07) is 2.86. The molecule has 8 heteroatoms. The van der Waals surface area contributed by atoms with Gasteiger partial charge in [-0.25, -0.2) is 0 Å². The number of halogens is 2. The predicted molar refractivity (Wildman–Crippen MR) is 65.1 cm³/mol. The van der Waals surface area contributed by atoms with Crippen LogP contribution in [0, 0.1) is 0 Å². The summed E-state index contributed by atoms with van der Waals surface area (Å²) >= 11 is 0.948. The minimum atomic E-state index is -4.70. The molecule has 1 rings (SSSR count). The van der Waals surface area contributed by atoms with Crippen LogP contribution in [0.2, 0.25) is 0 Å². The van der Waals surface area contributed by atoms with Gasteiger partial charge in [0.15, 0.2) is 6.10 Å². The van der Waals surface area contributed by atoms with Gasteiger partial charge in [-0.05, 0) is 25.3 Å². The van der Waals surface area contributed by atoms with E-state index in [-0.39, 0.29) is 18.1 Å². The van der Waals surface area contributed by atoms with Crippen LogP contribution in [0.4, 0.5) is 8.78 Å². The van der Waals surface area contributed by atoms with Gasteiger partial charge in [0.25, 0.3) is 0 Å². The van der Waals surface area contributed by atoms with Crippen molar-refractivity contribution in [2.75, 3.05) is 13.2 Å². The molecule has 104 valence electrons. The highest BCUT2D eigenvalue weighted by Gasteiger charge is 2.59. The first-order valence-electron chi connectivity index (χ1n) is 5.37. The highest BCUT2D eigenvalue weighted by Crippen LogP contribution is 2.66. The van der Waals surface area contributed by atoms with Crippen LogP contribution in [0.25, 0.3) is 0 Å². The van der Waals surface area contributed by atoms with Crippen LogP contribution >= 0.6 is 18.9 Å². The predicted octanol–water partition coefficient (Wildman–Crippen LogP) is 3.64. The number of alkyl halides is 2. The van der Waals surface area contributed by atoms with Crippen molar-refractivity contribution in [3.05, 3.63) is 22.4 Å². The van der Waals surface area contributed by atoms with Crippen molar-refractivity contribution in [3.63, 3.8) is 0 Å². The van der Waals surface area contributed by atoms with Crippen molar-refractivity contribution >= 4 is 18.9 Å². The van der Waals surface area contributed by atoms with E-state index in [1.807, 2.05) is 0 Å². The molecule has 1 heterocycles. The Hall–Kier alpha value is -0.330. The lowest BCUT2D eigenvalue weighted by Crippen LogP contribution is -2.28. The van der Waals surface area contributed by atoms with Crippen LogP contribution in [0.5, 0.6) is 0 Å². The first-order chi connectivity index (χ1) is 8.39. The lowest BCUT2D eigenvalue weighted by molar-refractivity contribution is -0.0660. The Bertz CT molecular complexity index is 400. The Morgan fingerprint density at radius 1 is 1.44 bits per heavy atom. The zero-order valence-electron chi connectivity index (χ0n) is 10.0. The van der Waals surface area contributed by atoms with Crippen LogP contribution in [-0.4, -0.2) is 24.0 Å². The molecule has 0 amide bonds. The molecule has 0 radical (unpaired) electrons. The van der Waals surface area contributed by atoms with E-state index in [1.54, 1.807) is 5.38 Å². The lowest BCUT2D eigenvalue weighted by Gasteiger charge is -2.28. The third-order valence-corrected chi connectivity index (χ3v) is 5.20. The summed E-state index contributed by atoms with van der Waals surface area (Å²) < 4.78 is 49.3. The second kappa shape index (κ2) is 6.21. The maximum atomic E-state index is 14.0. The monoisotopic (exact) mass is 300 g/mol. The van der Waals surface area contributed by atoms with Gasteiger partial charge in [0.05, 0.1) is 13.2 Å². The molecule has 0 spiro atoms. The van der Waals surface area contributed by atoms with Crippen molar-refractivity contribution < 1.29 is 27.5 Å². The van der Waals surface area contributed by atoms with Crippen LogP contribution in [-0.2, 0) is 13.6 Å². The molecule has 0 aromatic carbocycles. The standard InChI is InChI=1S/C10H15F2O4PS/c1-3-15-17(14,16-4-2)10(11,12)9(13)8-6-5-7-18-8/h5-7,9,13H,3-4H2,1-2H3/t9-/m1/s1. The van der Waals surface area contributed by atoms with Gasteiger partial charge in [-0.2, -0.15) is 8.78 Å². The molecule has 0 unspecified atom stereocenters. The normalized spacial score (nSPS) is 14.7. The Morgan fingerprint density at radius 2 is 2.00 bits per heavy atom. The number of aliphatic hydroxyl groups is 1. The summed E-state index contributed by atoms with van der Waals surface area (Å²) in [5.41, 5.74) is -3.98. The first kappa shape index (κ1) is 15.7. The maximum absolute atomic E-state index is 14.0. The highest BCUT2D eigenvalue weighted by molar-refractivity contribution is 7.55. The average Bonchev–Trinajstić information content (AvgIpc) is 2.81.